The van der Waals surface area contributed by atoms with Gasteiger partial charge < -0.3 is 15.2 Å². The zero-order valence-electron chi connectivity index (χ0n) is 14.2. The Labute approximate surface area is 147 Å². The first kappa shape index (κ1) is 18.7. The van der Waals surface area contributed by atoms with Crippen LogP contribution in [0.15, 0.2) is 24.3 Å². The maximum atomic E-state index is 12.3. The van der Waals surface area contributed by atoms with Gasteiger partial charge in [0.05, 0.1) is 5.60 Å². The summed E-state index contributed by atoms with van der Waals surface area (Å²) in [6.45, 7) is 5.98. The number of ether oxygens (including phenoxy) is 1. The molecule has 3 unspecified atom stereocenters. The van der Waals surface area contributed by atoms with Crippen molar-refractivity contribution in [2.24, 2.45) is 5.92 Å². The van der Waals surface area contributed by atoms with Gasteiger partial charge in [-0.05, 0) is 44.7 Å². The fraction of sp³-hybridized carbons (Fsp3) is 0.556. The van der Waals surface area contributed by atoms with E-state index in [0.29, 0.717) is 11.4 Å². The summed E-state index contributed by atoms with van der Waals surface area (Å²) in [5, 5.41) is 12.6. The topological polar surface area (TPSA) is 75.6 Å². The summed E-state index contributed by atoms with van der Waals surface area (Å²) < 4.78 is 5.54. The monoisotopic (exact) mass is 353 g/mol. The SMILES string of the molecule is CC(C)(C)OCCC(NC(=O)C1CC1c1ccccc1Cl)C(=O)O. The number of halogens is 1. The van der Waals surface area contributed by atoms with Crippen LogP contribution in [0.1, 0.15) is 45.1 Å². The highest BCUT2D eigenvalue weighted by Gasteiger charge is 2.45. The van der Waals surface area contributed by atoms with E-state index in [1.807, 2.05) is 39.0 Å². The van der Waals surface area contributed by atoms with Crippen molar-refractivity contribution in [3.8, 4) is 0 Å². The van der Waals surface area contributed by atoms with E-state index in [2.05, 4.69) is 5.32 Å². The van der Waals surface area contributed by atoms with E-state index in [4.69, 9.17) is 16.3 Å². The molecule has 24 heavy (non-hydrogen) atoms. The molecule has 6 heteroatoms. The normalized spacial score (nSPS) is 21.2. The van der Waals surface area contributed by atoms with Crippen LogP contribution in [-0.2, 0) is 14.3 Å². The first-order chi connectivity index (χ1) is 11.2. The molecule has 0 bridgehead atoms. The van der Waals surface area contributed by atoms with Crippen LogP contribution in [0.3, 0.4) is 0 Å². The van der Waals surface area contributed by atoms with E-state index in [1.165, 1.54) is 0 Å². The average Bonchev–Trinajstić information content (AvgIpc) is 3.25. The Morgan fingerprint density at radius 2 is 2.04 bits per heavy atom. The molecule has 132 valence electrons. The minimum atomic E-state index is -1.05. The first-order valence-electron chi connectivity index (χ1n) is 8.10. The van der Waals surface area contributed by atoms with Crippen molar-refractivity contribution in [2.45, 2.75) is 51.2 Å². The summed E-state index contributed by atoms with van der Waals surface area (Å²) in [7, 11) is 0. The Kier molecular flexibility index (Phi) is 5.88. The quantitative estimate of drug-likeness (QED) is 0.789. The Balaban J connectivity index is 1.88. The number of amides is 1. The Morgan fingerprint density at radius 1 is 1.38 bits per heavy atom. The average molecular weight is 354 g/mol. The molecule has 2 rings (SSSR count). The zero-order valence-corrected chi connectivity index (χ0v) is 15.0. The lowest BCUT2D eigenvalue weighted by Gasteiger charge is -2.21. The molecule has 1 amide bonds. The second-order valence-corrected chi connectivity index (χ2v) is 7.53. The van der Waals surface area contributed by atoms with Gasteiger partial charge in [-0.1, -0.05) is 29.8 Å². The first-order valence-corrected chi connectivity index (χ1v) is 8.48. The van der Waals surface area contributed by atoms with Crippen molar-refractivity contribution in [3.63, 3.8) is 0 Å². The molecule has 1 aliphatic carbocycles. The van der Waals surface area contributed by atoms with Gasteiger partial charge in [-0.3, -0.25) is 4.79 Å². The molecule has 0 heterocycles. The number of carboxylic acid groups (broad SMARTS) is 1. The number of carboxylic acids is 1. The third-order valence-electron chi connectivity index (χ3n) is 3.99. The van der Waals surface area contributed by atoms with E-state index in [0.717, 1.165) is 5.56 Å². The van der Waals surface area contributed by atoms with Crippen LogP contribution in [0.5, 0.6) is 0 Å². The third-order valence-corrected chi connectivity index (χ3v) is 4.33. The number of aliphatic carboxylic acids is 1. The van der Waals surface area contributed by atoms with Gasteiger partial charge in [0, 0.05) is 24.0 Å². The molecular formula is C18H24ClNO4. The summed E-state index contributed by atoms with van der Waals surface area (Å²) >= 11 is 6.15. The molecule has 0 spiro atoms. The number of carbonyl (C=O) groups excluding carboxylic acids is 1. The minimum absolute atomic E-state index is 0.0685. The van der Waals surface area contributed by atoms with Gasteiger partial charge in [-0.2, -0.15) is 0 Å². The van der Waals surface area contributed by atoms with Gasteiger partial charge in [0.2, 0.25) is 5.91 Å². The molecular weight excluding hydrogens is 330 g/mol. The smallest absolute Gasteiger partial charge is 0.326 e. The van der Waals surface area contributed by atoms with E-state index in [9.17, 15) is 14.7 Å². The summed E-state index contributed by atoms with van der Waals surface area (Å²) in [6.07, 6.45) is 0.933. The number of benzene rings is 1. The van der Waals surface area contributed by atoms with E-state index < -0.39 is 12.0 Å². The maximum Gasteiger partial charge on any atom is 0.326 e. The van der Waals surface area contributed by atoms with E-state index in [-0.39, 0.29) is 36.4 Å². The molecule has 0 aromatic heterocycles. The lowest BCUT2D eigenvalue weighted by molar-refractivity contribution is -0.143. The largest absolute Gasteiger partial charge is 0.480 e. The van der Waals surface area contributed by atoms with Crippen LogP contribution in [0, 0.1) is 5.92 Å². The van der Waals surface area contributed by atoms with E-state index in [1.54, 1.807) is 6.07 Å². The van der Waals surface area contributed by atoms with Gasteiger partial charge in [0.1, 0.15) is 6.04 Å². The second-order valence-electron chi connectivity index (χ2n) is 7.12. The Hall–Kier alpha value is -1.59. The highest BCUT2D eigenvalue weighted by molar-refractivity contribution is 6.31. The molecule has 5 nitrogen and oxygen atoms in total. The van der Waals surface area contributed by atoms with Crippen LogP contribution in [0.25, 0.3) is 0 Å². The van der Waals surface area contributed by atoms with Crippen LogP contribution in [0.4, 0.5) is 0 Å². The molecule has 1 fully saturated rings. The van der Waals surface area contributed by atoms with Crippen LogP contribution in [-0.4, -0.2) is 35.2 Å². The van der Waals surface area contributed by atoms with Crippen molar-refractivity contribution in [1.82, 2.24) is 5.32 Å². The number of hydrogen-bond donors (Lipinski definition) is 2. The zero-order chi connectivity index (χ0) is 17.9. The molecule has 1 aromatic carbocycles. The fourth-order valence-electron chi connectivity index (χ4n) is 2.62. The van der Waals surface area contributed by atoms with Gasteiger partial charge in [-0.15, -0.1) is 0 Å². The standard InChI is InChI=1S/C18H24ClNO4/c1-18(2,3)24-9-8-15(17(22)23)20-16(21)13-10-12(13)11-6-4-5-7-14(11)19/h4-7,12-13,15H,8-10H2,1-3H3,(H,20,21)(H,22,23). The predicted octanol–water partition coefficient (Wildman–Crippen LogP) is 3.22. The van der Waals surface area contributed by atoms with Crippen molar-refractivity contribution >= 4 is 23.5 Å². The van der Waals surface area contributed by atoms with Crippen molar-refractivity contribution in [1.29, 1.82) is 0 Å². The molecule has 3 atom stereocenters. The maximum absolute atomic E-state index is 12.3. The number of carbonyl (C=O) groups is 2. The summed E-state index contributed by atoms with van der Waals surface area (Å²) in [5.74, 6) is -1.42. The Morgan fingerprint density at radius 3 is 2.62 bits per heavy atom. The molecule has 1 aromatic rings. The van der Waals surface area contributed by atoms with Crippen molar-refractivity contribution < 1.29 is 19.4 Å². The van der Waals surface area contributed by atoms with Crippen molar-refractivity contribution in [2.75, 3.05) is 6.61 Å². The number of hydrogen-bond acceptors (Lipinski definition) is 3. The number of nitrogens with one attached hydrogen (secondary N) is 1. The summed E-state index contributed by atoms with van der Waals surface area (Å²) in [5.41, 5.74) is 0.612. The van der Waals surface area contributed by atoms with Gasteiger partial charge in [0.25, 0.3) is 0 Å². The third kappa shape index (κ3) is 5.21. The highest BCUT2D eigenvalue weighted by atomic mass is 35.5. The lowest BCUT2D eigenvalue weighted by atomic mass is 10.1. The van der Waals surface area contributed by atoms with Gasteiger partial charge >= 0.3 is 5.97 Å². The lowest BCUT2D eigenvalue weighted by Crippen LogP contribution is -2.42. The molecule has 1 aliphatic rings. The molecule has 1 saturated carbocycles. The van der Waals surface area contributed by atoms with Crippen LogP contribution >= 0.6 is 11.6 Å². The number of rotatable bonds is 7. The van der Waals surface area contributed by atoms with Gasteiger partial charge in [-0.25, -0.2) is 4.79 Å². The van der Waals surface area contributed by atoms with Crippen LogP contribution < -0.4 is 5.32 Å². The molecule has 0 aliphatic heterocycles. The molecule has 0 radical (unpaired) electrons. The van der Waals surface area contributed by atoms with Crippen LogP contribution in [0.2, 0.25) is 5.02 Å². The second kappa shape index (κ2) is 7.53. The highest BCUT2D eigenvalue weighted by Crippen LogP contribution is 2.49. The fourth-order valence-corrected chi connectivity index (χ4v) is 2.90. The molecule has 0 saturated heterocycles. The summed E-state index contributed by atoms with van der Waals surface area (Å²) in [4.78, 5) is 23.7. The van der Waals surface area contributed by atoms with Gasteiger partial charge in [0.15, 0.2) is 0 Å². The molecule has 2 N–H and O–H groups in total. The van der Waals surface area contributed by atoms with Crippen molar-refractivity contribution in [3.05, 3.63) is 34.9 Å². The minimum Gasteiger partial charge on any atom is -0.480 e. The Bertz CT molecular complexity index is 611. The van der Waals surface area contributed by atoms with E-state index >= 15 is 0 Å². The predicted molar refractivity (Wildman–Crippen MR) is 92.2 cm³/mol. The summed E-state index contributed by atoms with van der Waals surface area (Å²) in [6, 6.07) is 6.50.